The van der Waals surface area contributed by atoms with Crippen molar-refractivity contribution in [1.82, 2.24) is 9.80 Å². The molecular formula is C15H21N3O2S. The fourth-order valence-electron chi connectivity index (χ4n) is 2.77. The fourth-order valence-corrected chi connectivity index (χ4v) is 3.46. The van der Waals surface area contributed by atoms with Crippen molar-refractivity contribution < 1.29 is 9.63 Å². The molecule has 1 amide bonds. The molecule has 0 aromatic carbocycles. The summed E-state index contributed by atoms with van der Waals surface area (Å²) in [6.45, 7) is 6.44. The monoisotopic (exact) mass is 307 g/mol. The van der Waals surface area contributed by atoms with Crippen molar-refractivity contribution in [3.05, 3.63) is 22.4 Å². The van der Waals surface area contributed by atoms with Gasteiger partial charge in [0.2, 0.25) is 0 Å². The molecule has 1 aromatic heterocycles. The quantitative estimate of drug-likeness (QED) is 0.855. The molecule has 1 saturated heterocycles. The van der Waals surface area contributed by atoms with E-state index in [0.717, 1.165) is 56.2 Å². The highest BCUT2D eigenvalue weighted by atomic mass is 32.1. The van der Waals surface area contributed by atoms with Crippen LogP contribution in [0.25, 0.3) is 0 Å². The predicted molar refractivity (Wildman–Crippen MR) is 83.9 cm³/mol. The van der Waals surface area contributed by atoms with Crippen LogP contribution in [0.5, 0.6) is 0 Å². The molecule has 0 radical (unpaired) electrons. The molecule has 0 aliphatic carbocycles. The summed E-state index contributed by atoms with van der Waals surface area (Å²) in [5.41, 5.74) is 1.16. The summed E-state index contributed by atoms with van der Waals surface area (Å²) in [5, 5.41) is 6.06. The maximum Gasteiger partial charge on any atom is 0.264 e. The minimum Gasteiger partial charge on any atom is -0.391 e. The Hall–Kier alpha value is -1.40. The Morgan fingerprint density at radius 2 is 2.24 bits per heavy atom. The predicted octanol–water partition coefficient (Wildman–Crippen LogP) is 2.06. The Morgan fingerprint density at radius 1 is 1.43 bits per heavy atom. The molecular weight excluding hydrogens is 286 g/mol. The van der Waals surface area contributed by atoms with Crippen LogP contribution in [0.1, 0.15) is 29.4 Å². The lowest BCUT2D eigenvalue weighted by Crippen LogP contribution is -2.50. The molecule has 0 unspecified atom stereocenters. The van der Waals surface area contributed by atoms with Gasteiger partial charge in [0.05, 0.1) is 10.6 Å². The first-order chi connectivity index (χ1) is 10.3. The minimum atomic E-state index is 0.165. The number of hydrogen-bond donors (Lipinski definition) is 0. The number of oxime groups is 1. The third-order valence-corrected chi connectivity index (χ3v) is 4.91. The number of thiophene rings is 1. The Balaban J connectivity index is 1.44. The average molecular weight is 307 g/mol. The topological polar surface area (TPSA) is 45.1 Å². The maximum atomic E-state index is 12.3. The van der Waals surface area contributed by atoms with E-state index >= 15 is 0 Å². The average Bonchev–Trinajstić information content (AvgIpc) is 3.19. The van der Waals surface area contributed by atoms with Crippen molar-refractivity contribution >= 4 is 23.0 Å². The van der Waals surface area contributed by atoms with E-state index in [4.69, 9.17) is 4.84 Å². The highest BCUT2D eigenvalue weighted by molar-refractivity contribution is 7.12. The first-order valence-corrected chi connectivity index (χ1v) is 8.41. The van der Waals surface area contributed by atoms with Crippen LogP contribution in [0, 0.1) is 0 Å². The van der Waals surface area contributed by atoms with Gasteiger partial charge in [-0.2, -0.15) is 0 Å². The number of carbonyl (C=O) groups excluding carboxylic acids is 1. The van der Waals surface area contributed by atoms with Crippen LogP contribution in [0.4, 0.5) is 0 Å². The molecule has 6 heteroatoms. The van der Waals surface area contributed by atoms with Crippen LogP contribution >= 0.6 is 11.3 Å². The summed E-state index contributed by atoms with van der Waals surface area (Å²) in [5.74, 6) is 0.165. The molecule has 3 rings (SSSR count). The number of piperazine rings is 1. The molecule has 1 fully saturated rings. The number of rotatable bonds is 4. The summed E-state index contributed by atoms with van der Waals surface area (Å²) >= 11 is 1.51. The van der Waals surface area contributed by atoms with Gasteiger partial charge in [-0.15, -0.1) is 11.3 Å². The normalized spacial score (nSPS) is 23.0. The zero-order chi connectivity index (χ0) is 14.7. The summed E-state index contributed by atoms with van der Waals surface area (Å²) in [4.78, 5) is 22.9. The highest BCUT2D eigenvalue weighted by Gasteiger charge is 2.27. The molecule has 2 aliphatic rings. The number of amides is 1. The van der Waals surface area contributed by atoms with Crippen molar-refractivity contribution in [1.29, 1.82) is 0 Å². The van der Waals surface area contributed by atoms with Gasteiger partial charge in [0.15, 0.2) is 0 Å². The second kappa shape index (κ2) is 6.58. The van der Waals surface area contributed by atoms with E-state index < -0.39 is 0 Å². The molecule has 1 aromatic rings. The van der Waals surface area contributed by atoms with Crippen molar-refractivity contribution in [3.63, 3.8) is 0 Å². The van der Waals surface area contributed by atoms with Gasteiger partial charge >= 0.3 is 0 Å². The van der Waals surface area contributed by atoms with Crippen LogP contribution in [-0.4, -0.2) is 60.2 Å². The van der Waals surface area contributed by atoms with Crippen molar-refractivity contribution in [2.45, 2.75) is 25.9 Å². The van der Waals surface area contributed by atoms with Gasteiger partial charge in [0.1, 0.15) is 6.10 Å². The standard InChI is InChI=1S/C15H21N3O2S/c1-2-12-10-13(20-16-12)11-17-5-7-18(8-6-17)15(19)14-4-3-9-21-14/h3-4,9,13H,2,5-8,10-11H2,1H3/t13-/m0/s1. The third kappa shape index (κ3) is 3.44. The van der Waals surface area contributed by atoms with Gasteiger partial charge in [-0.1, -0.05) is 18.1 Å². The lowest BCUT2D eigenvalue weighted by Gasteiger charge is -2.35. The Morgan fingerprint density at radius 3 is 2.86 bits per heavy atom. The maximum absolute atomic E-state index is 12.3. The molecule has 2 aliphatic heterocycles. The SMILES string of the molecule is CCC1=NO[C@H](CN2CCN(C(=O)c3cccs3)CC2)C1. The van der Waals surface area contributed by atoms with Gasteiger partial charge in [-0.05, 0) is 17.9 Å². The van der Waals surface area contributed by atoms with Crippen molar-refractivity contribution in [2.24, 2.45) is 5.16 Å². The van der Waals surface area contributed by atoms with E-state index in [0.29, 0.717) is 0 Å². The van der Waals surface area contributed by atoms with Crippen LogP contribution in [0.2, 0.25) is 0 Å². The highest BCUT2D eigenvalue weighted by Crippen LogP contribution is 2.17. The summed E-state index contributed by atoms with van der Waals surface area (Å²) < 4.78 is 0. The molecule has 21 heavy (non-hydrogen) atoms. The lowest BCUT2D eigenvalue weighted by atomic mass is 10.1. The van der Waals surface area contributed by atoms with Gasteiger partial charge in [-0.3, -0.25) is 9.69 Å². The van der Waals surface area contributed by atoms with E-state index in [1.807, 2.05) is 22.4 Å². The second-order valence-corrected chi connectivity index (χ2v) is 6.46. The Bertz CT molecular complexity index is 507. The van der Waals surface area contributed by atoms with Gasteiger partial charge in [0, 0.05) is 39.1 Å². The van der Waals surface area contributed by atoms with Crippen LogP contribution in [0.3, 0.4) is 0 Å². The fraction of sp³-hybridized carbons (Fsp3) is 0.600. The van der Waals surface area contributed by atoms with Gasteiger partial charge < -0.3 is 9.74 Å². The molecule has 0 spiro atoms. The van der Waals surface area contributed by atoms with E-state index in [1.54, 1.807) is 0 Å². The number of carbonyl (C=O) groups is 1. The summed E-state index contributed by atoms with van der Waals surface area (Å²) in [6, 6.07) is 3.83. The second-order valence-electron chi connectivity index (χ2n) is 5.51. The molecule has 114 valence electrons. The Labute approximate surface area is 129 Å². The lowest BCUT2D eigenvalue weighted by molar-refractivity contribution is 0.0326. The van der Waals surface area contributed by atoms with Crippen LogP contribution < -0.4 is 0 Å². The molecule has 0 N–H and O–H groups in total. The molecule has 0 saturated carbocycles. The molecule has 3 heterocycles. The smallest absolute Gasteiger partial charge is 0.264 e. The summed E-state index contributed by atoms with van der Waals surface area (Å²) in [6.07, 6.45) is 2.12. The Kier molecular flexibility index (Phi) is 4.55. The van der Waals surface area contributed by atoms with Gasteiger partial charge in [-0.25, -0.2) is 0 Å². The molecule has 5 nitrogen and oxygen atoms in total. The van der Waals surface area contributed by atoms with E-state index in [1.165, 1.54) is 11.3 Å². The zero-order valence-electron chi connectivity index (χ0n) is 12.3. The number of nitrogens with zero attached hydrogens (tertiary/aromatic N) is 3. The van der Waals surface area contributed by atoms with Crippen LogP contribution in [0.15, 0.2) is 22.7 Å². The number of hydrogen-bond acceptors (Lipinski definition) is 5. The van der Waals surface area contributed by atoms with Crippen molar-refractivity contribution in [3.8, 4) is 0 Å². The summed E-state index contributed by atoms with van der Waals surface area (Å²) in [7, 11) is 0. The first kappa shape index (κ1) is 14.5. The van der Waals surface area contributed by atoms with Crippen LogP contribution in [-0.2, 0) is 4.84 Å². The van der Waals surface area contributed by atoms with E-state index in [2.05, 4.69) is 17.0 Å². The molecule has 1 atom stereocenters. The first-order valence-electron chi connectivity index (χ1n) is 7.53. The minimum absolute atomic E-state index is 0.165. The third-order valence-electron chi connectivity index (χ3n) is 4.06. The zero-order valence-corrected chi connectivity index (χ0v) is 13.1. The van der Waals surface area contributed by atoms with E-state index in [-0.39, 0.29) is 12.0 Å². The molecule has 0 bridgehead atoms. The van der Waals surface area contributed by atoms with Gasteiger partial charge in [0.25, 0.3) is 5.91 Å². The largest absolute Gasteiger partial charge is 0.391 e. The van der Waals surface area contributed by atoms with E-state index in [9.17, 15) is 4.79 Å². The van der Waals surface area contributed by atoms with Crippen molar-refractivity contribution in [2.75, 3.05) is 32.7 Å².